The van der Waals surface area contributed by atoms with Crippen molar-refractivity contribution in [1.82, 2.24) is 10.3 Å². The molecule has 2 aromatic carbocycles. The molecule has 194 valence electrons. The van der Waals surface area contributed by atoms with Gasteiger partial charge in [-0.25, -0.2) is 18.6 Å². The SMILES string of the molecule is COc1ccnc(C(=O)NC(C)(C(=O)O)[C@@H](C)C(c2ccc(F)cc2)c2ccc(F)cc2)c1OC(C)=O. The number of aliphatic carboxylic acids is 1. The second kappa shape index (κ2) is 11.2. The molecule has 1 amide bonds. The Labute approximate surface area is 212 Å². The van der Waals surface area contributed by atoms with Gasteiger partial charge < -0.3 is 19.9 Å². The number of aromatic nitrogens is 1. The van der Waals surface area contributed by atoms with Crippen molar-refractivity contribution in [2.75, 3.05) is 7.11 Å². The number of hydrogen-bond acceptors (Lipinski definition) is 6. The molecule has 1 heterocycles. The predicted octanol–water partition coefficient (Wildman–Crippen LogP) is 4.34. The molecule has 1 unspecified atom stereocenters. The summed E-state index contributed by atoms with van der Waals surface area (Å²) in [5.41, 5.74) is -1.15. The monoisotopic (exact) mass is 512 g/mol. The van der Waals surface area contributed by atoms with Crippen molar-refractivity contribution < 1.29 is 37.7 Å². The number of esters is 1. The van der Waals surface area contributed by atoms with Gasteiger partial charge in [-0.2, -0.15) is 0 Å². The molecule has 3 aromatic rings. The van der Waals surface area contributed by atoms with Gasteiger partial charge in [0.2, 0.25) is 5.75 Å². The Balaban J connectivity index is 2.08. The molecular weight excluding hydrogens is 486 g/mol. The van der Waals surface area contributed by atoms with E-state index < -0.39 is 46.9 Å². The van der Waals surface area contributed by atoms with Crippen LogP contribution in [-0.4, -0.2) is 40.6 Å². The van der Waals surface area contributed by atoms with E-state index in [2.05, 4.69) is 10.3 Å². The van der Waals surface area contributed by atoms with Gasteiger partial charge in [0.1, 0.15) is 17.2 Å². The van der Waals surface area contributed by atoms with Crippen molar-refractivity contribution in [1.29, 1.82) is 0 Å². The number of carboxylic acid groups (broad SMARTS) is 1. The zero-order valence-electron chi connectivity index (χ0n) is 20.6. The highest BCUT2D eigenvalue weighted by Crippen LogP contribution is 2.39. The molecule has 0 fully saturated rings. The summed E-state index contributed by atoms with van der Waals surface area (Å²) in [7, 11) is 1.31. The van der Waals surface area contributed by atoms with Crippen LogP contribution >= 0.6 is 0 Å². The van der Waals surface area contributed by atoms with Crippen LogP contribution in [0.4, 0.5) is 8.78 Å². The number of carbonyl (C=O) groups excluding carboxylic acids is 2. The Morgan fingerprint density at radius 2 is 1.49 bits per heavy atom. The van der Waals surface area contributed by atoms with Gasteiger partial charge in [-0.1, -0.05) is 31.2 Å². The molecule has 0 spiro atoms. The molecule has 1 aromatic heterocycles. The highest BCUT2D eigenvalue weighted by Gasteiger charge is 2.45. The Bertz CT molecular complexity index is 1250. The highest BCUT2D eigenvalue weighted by atomic mass is 19.1. The van der Waals surface area contributed by atoms with E-state index in [1.54, 1.807) is 6.92 Å². The third kappa shape index (κ3) is 5.91. The number of pyridine rings is 1. The number of benzene rings is 2. The largest absolute Gasteiger partial charge is 0.493 e. The first-order chi connectivity index (χ1) is 17.5. The molecule has 2 N–H and O–H groups in total. The lowest BCUT2D eigenvalue weighted by atomic mass is 9.71. The smallest absolute Gasteiger partial charge is 0.329 e. The van der Waals surface area contributed by atoms with Crippen molar-refractivity contribution in [3.63, 3.8) is 0 Å². The average molecular weight is 513 g/mol. The van der Waals surface area contributed by atoms with Crippen molar-refractivity contribution >= 4 is 17.8 Å². The van der Waals surface area contributed by atoms with Gasteiger partial charge in [-0.15, -0.1) is 0 Å². The van der Waals surface area contributed by atoms with E-state index in [0.717, 1.165) is 6.92 Å². The zero-order chi connectivity index (χ0) is 27.3. The van der Waals surface area contributed by atoms with Crippen molar-refractivity contribution in [3.05, 3.63) is 89.2 Å². The molecule has 0 aliphatic heterocycles. The lowest BCUT2D eigenvalue weighted by molar-refractivity contribution is -0.146. The fourth-order valence-electron chi connectivity index (χ4n) is 4.10. The minimum absolute atomic E-state index is 0.0518. The first-order valence-electron chi connectivity index (χ1n) is 11.3. The van der Waals surface area contributed by atoms with Gasteiger partial charge in [0.15, 0.2) is 11.4 Å². The minimum Gasteiger partial charge on any atom is -0.493 e. The van der Waals surface area contributed by atoms with Crippen LogP contribution in [0.1, 0.15) is 48.3 Å². The molecule has 0 bridgehead atoms. The van der Waals surface area contributed by atoms with Crippen LogP contribution in [-0.2, 0) is 9.59 Å². The zero-order valence-corrected chi connectivity index (χ0v) is 20.6. The fraction of sp³-hybridized carbons (Fsp3) is 0.259. The van der Waals surface area contributed by atoms with Crippen LogP contribution in [0.3, 0.4) is 0 Å². The summed E-state index contributed by atoms with van der Waals surface area (Å²) in [5.74, 6) is -5.73. The molecule has 8 nitrogen and oxygen atoms in total. The number of nitrogens with one attached hydrogen (secondary N) is 1. The minimum atomic E-state index is -1.91. The summed E-state index contributed by atoms with van der Waals surface area (Å²) in [6.07, 6.45) is 1.25. The normalized spacial score (nSPS) is 13.4. The number of halogens is 2. The van der Waals surface area contributed by atoms with E-state index >= 15 is 0 Å². The van der Waals surface area contributed by atoms with E-state index in [-0.39, 0.29) is 17.2 Å². The van der Waals surface area contributed by atoms with Gasteiger partial charge in [0.05, 0.1) is 7.11 Å². The topological polar surface area (TPSA) is 115 Å². The number of carboxylic acids is 1. The maximum Gasteiger partial charge on any atom is 0.329 e. The molecule has 2 atom stereocenters. The number of methoxy groups -OCH3 is 1. The Morgan fingerprint density at radius 1 is 0.973 bits per heavy atom. The summed E-state index contributed by atoms with van der Waals surface area (Å²) in [5, 5.41) is 12.8. The third-order valence-electron chi connectivity index (χ3n) is 6.24. The number of hydrogen-bond donors (Lipinski definition) is 2. The van der Waals surface area contributed by atoms with E-state index in [0.29, 0.717) is 11.1 Å². The first-order valence-corrected chi connectivity index (χ1v) is 11.3. The van der Waals surface area contributed by atoms with Gasteiger partial charge in [0.25, 0.3) is 5.91 Å². The summed E-state index contributed by atoms with van der Waals surface area (Å²) in [6, 6.07) is 12.4. The van der Waals surface area contributed by atoms with E-state index in [9.17, 15) is 28.3 Å². The maximum atomic E-state index is 13.7. The number of amides is 1. The van der Waals surface area contributed by atoms with Gasteiger partial charge >= 0.3 is 11.9 Å². The molecular formula is C27H26F2N2O6. The summed E-state index contributed by atoms with van der Waals surface area (Å²) in [6.45, 7) is 4.06. The molecule has 0 saturated heterocycles. The van der Waals surface area contributed by atoms with Crippen LogP contribution in [0, 0.1) is 17.6 Å². The first kappa shape index (κ1) is 27.3. The fourth-order valence-corrected chi connectivity index (χ4v) is 4.10. The second-order valence-corrected chi connectivity index (χ2v) is 8.62. The van der Waals surface area contributed by atoms with Crippen LogP contribution < -0.4 is 14.8 Å². The number of rotatable bonds is 9. The maximum absolute atomic E-state index is 13.7. The lowest BCUT2D eigenvalue weighted by Crippen LogP contribution is -2.58. The van der Waals surface area contributed by atoms with E-state index in [4.69, 9.17) is 9.47 Å². The van der Waals surface area contributed by atoms with Gasteiger partial charge in [-0.3, -0.25) is 9.59 Å². The third-order valence-corrected chi connectivity index (χ3v) is 6.24. The second-order valence-electron chi connectivity index (χ2n) is 8.62. The Morgan fingerprint density at radius 3 is 1.92 bits per heavy atom. The standard InChI is InChI=1S/C27H26F2N2O6/c1-15(22(17-5-9-19(28)10-6-17)18-7-11-20(29)12-8-18)27(3,26(34)35)31-25(33)23-24(37-16(2)32)21(36-4)13-14-30-23/h5-15,22H,1-4H3,(H,31,33)(H,34,35)/t15-,27?/m0/s1. The molecule has 0 aliphatic rings. The molecule has 0 saturated carbocycles. The van der Waals surface area contributed by atoms with Crippen molar-refractivity contribution in [3.8, 4) is 11.5 Å². The van der Waals surface area contributed by atoms with E-state index in [1.165, 1.54) is 74.8 Å². The molecule has 3 rings (SSSR count). The number of carbonyl (C=O) groups is 3. The van der Waals surface area contributed by atoms with Crippen LogP contribution in [0.25, 0.3) is 0 Å². The van der Waals surface area contributed by atoms with Gasteiger partial charge in [0, 0.05) is 31.0 Å². The summed E-state index contributed by atoms with van der Waals surface area (Å²) < 4.78 is 37.6. The Hall–Kier alpha value is -4.34. The molecule has 10 heteroatoms. The molecule has 37 heavy (non-hydrogen) atoms. The predicted molar refractivity (Wildman–Crippen MR) is 129 cm³/mol. The van der Waals surface area contributed by atoms with Crippen LogP contribution in [0.2, 0.25) is 0 Å². The molecule has 0 aliphatic carbocycles. The number of ether oxygens (including phenoxy) is 2. The lowest BCUT2D eigenvalue weighted by Gasteiger charge is -2.38. The quantitative estimate of drug-likeness (QED) is 0.410. The summed E-state index contributed by atoms with van der Waals surface area (Å²) in [4.78, 5) is 41.6. The highest BCUT2D eigenvalue weighted by molar-refractivity contribution is 5.99. The molecule has 0 radical (unpaired) electrons. The van der Waals surface area contributed by atoms with Gasteiger partial charge in [-0.05, 0) is 42.3 Å². The van der Waals surface area contributed by atoms with Crippen LogP contribution in [0.5, 0.6) is 11.5 Å². The number of nitrogens with zero attached hydrogens (tertiary/aromatic N) is 1. The average Bonchev–Trinajstić information content (AvgIpc) is 2.85. The summed E-state index contributed by atoms with van der Waals surface area (Å²) >= 11 is 0. The van der Waals surface area contributed by atoms with Crippen molar-refractivity contribution in [2.24, 2.45) is 5.92 Å². The van der Waals surface area contributed by atoms with Crippen molar-refractivity contribution in [2.45, 2.75) is 32.2 Å². The van der Waals surface area contributed by atoms with E-state index in [1.807, 2.05) is 0 Å². The Kier molecular flexibility index (Phi) is 8.21. The van der Waals surface area contributed by atoms with Crippen LogP contribution in [0.15, 0.2) is 60.8 Å².